The topological polar surface area (TPSA) is 61.8 Å². The molecule has 0 saturated carbocycles. The van der Waals surface area contributed by atoms with E-state index >= 15 is 0 Å². The number of halogens is 1. The Balaban J connectivity index is 1.58. The monoisotopic (exact) mass is 401 g/mol. The summed E-state index contributed by atoms with van der Waals surface area (Å²) in [6.45, 7) is 5.94. The molecule has 2 heterocycles. The third-order valence-electron chi connectivity index (χ3n) is 4.67. The lowest BCUT2D eigenvalue weighted by atomic mass is 10.1. The Bertz CT molecular complexity index is 781. The van der Waals surface area contributed by atoms with Crippen LogP contribution in [-0.4, -0.2) is 43.7 Å². The van der Waals surface area contributed by atoms with Crippen molar-refractivity contribution in [2.24, 2.45) is 4.99 Å². The van der Waals surface area contributed by atoms with E-state index in [1.807, 2.05) is 12.1 Å². The van der Waals surface area contributed by atoms with Crippen molar-refractivity contribution in [3.63, 3.8) is 0 Å². The van der Waals surface area contributed by atoms with Crippen molar-refractivity contribution in [1.82, 2.24) is 15.6 Å². The minimum atomic E-state index is 0.306. The number of hydrogen-bond donors (Lipinski definition) is 2. The minimum absolute atomic E-state index is 0.306. The molecule has 1 aliphatic heterocycles. The molecule has 1 aliphatic rings. The van der Waals surface area contributed by atoms with Crippen molar-refractivity contribution in [2.75, 3.05) is 31.6 Å². The number of nitrogens with one attached hydrogen (secondary N) is 2. The van der Waals surface area contributed by atoms with Gasteiger partial charge in [-0.05, 0) is 36.6 Å². The van der Waals surface area contributed by atoms with Gasteiger partial charge in [-0.1, -0.05) is 35.9 Å². The number of methoxy groups -OCH3 is 1. The maximum absolute atomic E-state index is 6.29. The third kappa shape index (κ3) is 5.59. The molecule has 0 amide bonds. The SMILES string of the molecule is CCNC(=NCc1ccc(COC)cc1)NC1CCN(c2ncccc2Cl)C1. The number of nitrogens with zero attached hydrogens (tertiary/aromatic N) is 3. The van der Waals surface area contributed by atoms with E-state index in [0.29, 0.717) is 24.2 Å². The number of hydrogen-bond acceptors (Lipinski definition) is 4. The largest absolute Gasteiger partial charge is 0.380 e. The van der Waals surface area contributed by atoms with E-state index in [4.69, 9.17) is 21.3 Å². The summed E-state index contributed by atoms with van der Waals surface area (Å²) in [7, 11) is 1.71. The van der Waals surface area contributed by atoms with E-state index in [-0.39, 0.29) is 0 Å². The van der Waals surface area contributed by atoms with Crippen LogP contribution in [0, 0.1) is 0 Å². The molecular formula is C21H28ClN5O. The maximum atomic E-state index is 6.29. The highest BCUT2D eigenvalue weighted by atomic mass is 35.5. The van der Waals surface area contributed by atoms with Crippen LogP contribution in [0.5, 0.6) is 0 Å². The summed E-state index contributed by atoms with van der Waals surface area (Å²) in [5.41, 5.74) is 2.34. The quantitative estimate of drug-likeness (QED) is 0.551. The van der Waals surface area contributed by atoms with Gasteiger partial charge in [0.1, 0.15) is 5.82 Å². The third-order valence-corrected chi connectivity index (χ3v) is 4.96. The number of benzene rings is 1. The van der Waals surface area contributed by atoms with Gasteiger partial charge < -0.3 is 20.3 Å². The Morgan fingerprint density at radius 3 is 2.79 bits per heavy atom. The molecule has 2 N–H and O–H groups in total. The Labute approximate surface area is 172 Å². The zero-order chi connectivity index (χ0) is 19.8. The number of aromatic nitrogens is 1. The molecule has 1 aromatic heterocycles. The smallest absolute Gasteiger partial charge is 0.191 e. The van der Waals surface area contributed by atoms with E-state index < -0.39 is 0 Å². The molecule has 0 aliphatic carbocycles. The number of anilines is 1. The van der Waals surface area contributed by atoms with Crippen LogP contribution >= 0.6 is 11.6 Å². The van der Waals surface area contributed by atoms with Gasteiger partial charge in [0.25, 0.3) is 0 Å². The van der Waals surface area contributed by atoms with Gasteiger partial charge in [-0.3, -0.25) is 0 Å². The van der Waals surface area contributed by atoms with E-state index in [2.05, 4.69) is 51.7 Å². The molecule has 1 atom stereocenters. The minimum Gasteiger partial charge on any atom is -0.380 e. The molecule has 28 heavy (non-hydrogen) atoms. The second kappa shape index (κ2) is 10.3. The highest BCUT2D eigenvalue weighted by molar-refractivity contribution is 6.32. The first-order valence-electron chi connectivity index (χ1n) is 9.66. The van der Waals surface area contributed by atoms with Gasteiger partial charge in [-0.2, -0.15) is 0 Å². The standard InChI is InChI=1S/C21H28ClN5O/c1-3-23-21(25-13-16-6-8-17(9-7-16)15-28-2)26-18-10-12-27(14-18)20-19(22)5-4-11-24-20/h4-9,11,18H,3,10,12-15H2,1-2H3,(H2,23,25,26). The molecule has 0 radical (unpaired) electrons. The first kappa shape index (κ1) is 20.4. The second-order valence-electron chi connectivity index (χ2n) is 6.83. The van der Waals surface area contributed by atoms with Crippen molar-refractivity contribution in [2.45, 2.75) is 32.5 Å². The molecule has 7 heteroatoms. The summed E-state index contributed by atoms with van der Waals surface area (Å²) in [4.78, 5) is 11.4. The molecule has 0 spiro atoms. The highest BCUT2D eigenvalue weighted by Crippen LogP contribution is 2.25. The van der Waals surface area contributed by atoms with Crippen LogP contribution in [0.15, 0.2) is 47.6 Å². The average Bonchev–Trinajstić information content (AvgIpc) is 3.16. The van der Waals surface area contributed by atoms with Gasteiger partial charge in [0.15, 0.2) is 5.96 Å². The number of aliphatic imine (C=N–C) groups is 1. The molecule has 3 rings (SSSR count). The Morgan fingerprint density at radius 2 is 2.07 bits per heavy atom. The highest BCUT2D eigenvalue weighted by Gasteiger charge is 2.25. The molecular weight excluding hydrogens is 374 g/mol. The van der Waals surface area contributed by atoms with Crippen molar-refractivity contribution in [3.8, 4) is 0 Å². The predicted octanol–water partition coefficient (Wildman–Crippen LogP) is 3.22. The summed E-state index contributed by atoms with van der Waals surface area (Å²) in [5, 5.41) is 7.58. The lowest BCUT2D eigenvalue weighted by Crippen LogP contribution is -2.44. The zero-order valence-corrected chi connectivity index (χ0v) is 17.2. The van der Waals surface area contributed by atoms with Crippen LogP contribution in [0.2, 0.25) is 5.02 Å². The van der Waals surface area contributed by atoms with Crippen LogP contribution < -0.4 is 15.5 Å². The van der Waals surface area contributed by atoms with Gasteiger partial charge in [0.2, 0.25) is 0 Å². The predicted molar refractivity (Wildman–Crippen MR) is 115 cm³/mol. The van der Waals surface area contributed by atoms with Crippen molar-refractivity contribution < 1.29 is 4.74 Å². The van der Waals surface area contributed by atoms with E-state index in [0.717, 1.165) is 37.8 Å². The van der Waals surface area contributed by atoms with Gasteiger partial charge in [-0.15, -0.1) is 0 Å². The maximum Gasteiger partial charge on any atom is 0.191 e. The van der Waals surface area contributed by atoms with Gasteiger partial charge >= 0.3 is 0 Å². The van der Waals surface area contributed by atoms with Crippen LogP contribution in [0.3, 0.4) is 0 Å². The molecule has 1 saturated heterocycles. The average molecular weight is 402 g/mol. The Kier molecular flexibility index (Phi) is 7.51. The molecule has 6 nitrogen and oxygen atoms in total. The number of pyridine rings is 1. The molecule has 1 aromatic carbocycles. The normalized spacial score (nSPS) is 17.0. The van der Waals surface area contributed by atoms with Gasteiger partial charge in [-0.25, -0.2) is 9.98 Å². The molecule has 1 unspecified atom stereocenters. The zero-order valence-electron chi connectivity index (χ0n) is 16.5. The number of ether oxygens (including phenoxy) is 1. The van der Waals surface area contributed by atoms with Crippen molar-refractivity contribution in [1.29, 1.82) is 0 Å². The molecule has 150 valence electrons. The molecule has 2 aromatic rings. The second-order valence-corrected chi connectivity index (χ2v) is 7.24. The fraction of sp³-hybridized carbons (Fsp3) is 0.429. The summed E-state index contributed by atoms with van der Waals surface area (Å²) in [6.07, 6.45) is 2.80. The lowest BCUT2D eigenvalue weighted by Gasteiger charge is -2.20. The summed E-state index contributed by atoms with van der Waals surface area (Å²) >= 11 is 6.29. The van der Waals surface area contributed by atoms with E-state index in [9.17, 15) is 0 Å². The van der Waals surface area contributed by atoms with Crippen molar-refractivity contribution >= 4 is 23.4 Å². The first-order chi connectivity index (χ1) is 13.7. The van der Waals surface area contributed by atoms with Crippen LogP contribution in [0.1, 0.15) is 24.5 Å². The van der Waals surface area contributed by atoms with Gasteiger partial charge in [0.05, 0.1) is 18.2 Å². The summed E-state index contributed by atoms with van der Waals surface area (Å²) in [6, 6.07) is 12.4. The summed E-state index contributed by atoms with van der Waals surface area (Å²) < 4.78 is 5.16. The lowest BCUT2D eigenvalue weighted by molar-refractivity contribution is 0.185. The van der Waals surface area contributed by atoms with Crippen molar-refractivity contribution in [3.05, 3.63) is 58.7 Å². The van der Waals surface area contributed by atoms with Crippen LogP contribution in [0.25, 0.3) is 0 Å². The molecule has 1 fully saturated rings. The first-order valence-corrected chi connectivity index (χ1v) is 10.0. The van der Waals surface area contributed by atoms with Crippen LogP contribution in [-0.2, 0) is 17.9 Å². The van der Waals surface area contributed by atoms with E-state index in [1.165, 1.54) is 11.1 Å². The fourth-order valence-electron chi connectivity index (χ4n) is 3.27. The van der Waals surface area contributed by atoms with Crippen LogP contribution in [0.4, 0.5) is 5.82 Å². The number of rotatable bonds is 7. The number of guanidine groups is 1. The Hall–Kier alpha value is -2.31. The van der Waals surface area contributed by atoms with Gasteiger partial charge in [0, 0.05) is 39.0 Å². The molecule has 0 bridgehead atoms. The fourth-order valence-corrected chi connectivity index (χ4v) is 3.51. The summed E-state index contributed by atoms with van der Waals surface area (Å²) in [5.74, 6) is 1.69. The van der Waals surface area contributed by atoms with E-state index in [1.54, 1.807) is 13.3 Å². The Morgan fingerprint density at radius 1 is 1.29 bits per heavy atom.